The number of hydrogen-bond acceptors (Lipinski definition) is 9. The number of fused-ring (bicyclic) bond motifs is 2. The van der Waals surface area contributed by atoms with Gasteiger partial charge in [-0.25, -0.2) is 22.7 Å². The topological polar surface area (TPSA) is 127 Å². The smallest absolute Gasteiger partial charge is 0.242 e. The Kier molecular flexibility index (Phi) is 6.49. The molecule has 0 aliphatic carbocycles. The summed E-state index contributed by atoms with van der Waals surface area (Å²) in [5.74, 6) is 0.119. The van der Waals surface area contributed by atoms with Gasteiger partial charge in [-0.2, -0.15) is 0 Å². The lowest BCUT2D eigenvalue weighted by Crippen LogP contribution is -2.38. The summed E-state index contributed by atoms with van der Waals surface area (Å²) >= 11 is 1.25. The molecule has 0 bridgehead atoms. The van der Waals surface area contributed by atoms with E-state index >= 15 is 0 Å². The molecule has 0 radical (unpaired) electrons. The van der Waals surface area contributed by atoms with Crippen molar-refractivity contribution >= 4 is 32.4 Å². The van der Waals surface area contributed by atoms with E-state index in [1.807, 2.05) is 45.0 Å². The predicted molar refractivity (Wildman–Crippen MR) is 144 cm³/mol. The van der Waals surface area contributed by atoms with Crippen molar-refractivity contribution in [1.82, 2.24) is 24.5 Å². The molecule has 0 fully saturated rings. The molecule has 0 unspecified atom stereocenters. The van der Waals surface area contributed by atoms with Gasteiger partial charge in [-0.15, -0.1) is 10.2 Å². The van der Waals surface area contributed by atoms with Gasteiger partial charge in [0.15, 0.2) is 0 Å². The van der Waals surface area contributed by atoms with Crippen LogP contribution in [0.4, 0.5) is 5.13 Å². The van der Waals surface area contributed by atoms with Gasteiger partial charge in [0.2, 0.25) is 32.8 Å². The van der Waals surface area contributed by atoms with E-state index in [1.54, 1.807) is 29.8 Å². The number of hydrogen-bond donors (Lipinski definition) is 1. The highest BCUT2D eigenvalue weighted by Gasteiger charge is 2.45. The van der Waals surface area contributed by atoms with Crippen LogP contribution in [0.3, 0.4) is 0 Å². The average molecular weight is 551 g/mol. The number of sulfonamides is 1. The standard InChI is InChI=1S/C26H26N6O4S2/c1-15-6-11-18-21(26(2,3)24(33)30-25-31-27-14-37-25)19-12-13-20(29-23(19)36-22(18)28-15)16-7-9-17(10-8-16)38(34,35)32(4)5/h6-14,21H,1-5H3,(H,30,31,33)/t21-/m0/s1. The second-order valence-corrected chi connectivity index (χ2v) is 12.7. The lowest BCUT2D eigenvalue weighted by Gasteiger charge is -2.37. The SMILES string of the molecule is Cc1ccc2c(n1)Oc1nc(-c3ccc(S(=O)(=O)N(C)C)cc3)ccc1[C@H]2C(C)(C)C(=O)Nc1nncs1. The first-order valence-electron chi connectivity index (χ1n) is 11.8. The molecule has 1 amide bonds. The van der Waals surface area contributed by atoms with E-state index < -0.39 is 21.4 Å². The normalized spacial score (nSPS) is 14.9. The van der Waals surface area contributed by atoms with Crippen LogP contribution in [0.15, 0.2) is 58.9 Å². The first kappa shape index (κ1) is 25.9. The molecule has 196 valence electrons. The third-order valence-electron chi connectivity index (χ3n) is 6.55. The highest BCUT2D eigenvalue weighted by atomic mass is 32.2. The van der Waals surface area contributed by atoms with Crippen molar-refractivity contribution in [2.45, 2.75) is 31.6 Å². The van der Waals surface area contributed by atoms with Crippen molar-refractivity contribution in [3.8, 4) is 23.0 Å². The monoisotopic (exact) mass is 550 g/mol. The Bertz CT molecular complexity index is 1620. The fourth-order valence-electron chi connectivity index (χ4n) is 4.42. The van der Waals surface area contributed by atoms with Gasteiger partial charge in [0.1, 0.15) is 5.51 Å². The molecule has 0 saturated heterocycles. The van der Waals surface area contributed by atoms with E-state index in [2.05, 4.69) is 20.5 Å². The fourth-order valence-corrected chi connectivity index (χ4v) is 5.76. The van der Waals surface area contributed by atoms with Gasteiger partial charge in [0.05, 0.1) is 16.0 Å². The van der Waals surface area contributed by atoms with E-state index in [1.165, 1.54) is 29.7 Å². The number of anilines is 1. The molecule has 0 saturated carbocycles. The largest absolute Gasteiger partial charge is 0.420 e. The summed E-state index contributed by atoms with van der Waals surface area (Å²) in [5.41, 5.74) is 4.26. The molecule has 5 rings (SSSR count). The van der Waals surface area contributed by atoms with E-state index in [-0.39, 0.29) is 10.8 Å². The summed E-state index contributed by atoms with van der Waals surface area (Å²) in [6.07, 6.45) is 0. The van der Waals surface area contributed by atoms with Crippen molar-refractivity contribution in [2.75, 3.05) is 19.4 Å². The Morgan fingerprint density at radius 3 is 2.29 bits per heavy atom. The molecule has 1 aliphatic rings. The van der Waals surface area contributed by atoms with Crippen molar-refractivity contribution in [2.24, 2.45) is 5.41 Å². The number of nitrogens with one attached hydrogen (secondary N) is 1. The number of amides is 1. The molecular weight excluding hydrogens is 524 g/mol. The molecule has 1 N–H and O–H groups in total. The third-order valence-corrected chi connectivity index (χ3v) is 8.99. The predicted octanol–water partition coefficient (Wildman–Crippen LogP) is 4.46. The van der Waals surface area contributed by atoms with Gasteiger partial charge in [0, 0.05) is 42.4 Å². The number of carbonyl (C=O) groups is 1. The Labute approximate surface area is 224 Å². The van der Waals surface area contributed by atoms with E-state index in [9.17, 15) is 13.2 Å². The maximum absolute atomic E-state index is 13.5. The zero-order valence-electron chi connectivity index (χ0n) is 21.5. The molecule has 1 atom stereocenters. The number of aryl methyl sites for hydroxylation is 1. The molecule has 10 nitrogen and oxygen atoms in total. The highest BCUT2D eigenvalue weighted by Crippen LogP contribution is 2.51. The Hall–Kier alpha value is -3.74. The minimum absolute atomic E-state index is 0.192. The number of pyridine rings is 2. The number of aromatic nitrogens is 4. The number of ether oxygens (including phenoxy) is 1. The summed E-state index contributed by atoms with van der Waals surface area (Å²) in [7, 11) is -0.561. The highest BCUT2D eigenvalue weighted by molar-refractivity contribution is 7.89. The lowest BCUT2D eigenvalue weighted by atomic mass is 9.70. The number of benzene rings is 1. The van der Waals surface area contributed by atoms with Gasteiger partial charge in [0.25, 0.3) is 0 Å². The Balaban J connectivity index is 1.55. The van der Waals surface area contributed by atoms with Crippen molar-refractivity contribution in [3.63, 3.8) is 0 Å². The summed E-state index contributed by atoms with van der Waals surface area (Å²) in [6, 6.07) is 14.1. The second kappa shape index (κ2) is 9.53. The van der Waals surface area contributed by atoms with Crippen molar-refractivity contribution in [3.05, 3.63) is 70.9 Å². The fraction of sp³-hybridized carbons (Fsp3) is 0.269. The molecule has 0 spiro atoms. The van der Waals surface area contributed by atoms with Crippen LogP contribution in [-0.4, -0.2) is 52.9 Å². The van der Waals surface area contributed by atoms with Crippen LogP contribution in [0.2, 0.25) is 0 Å². The zero-order chi connectivity index (χ0) is 27.2. The van der Waals surface area contributed by atoms with Gasteiger partial charge in [-0.05, 0) is 31.2 Å². The van der Waals surface area contributed by atoms with Crippen molar-refractivity contribution < 1.29 is 17.9 Å². The summed E-state index contributed by atoms with van der Waals surface area (Å²) in [6.45, 7) is 5.60. The summed E-state index contributed by atoms with van der Waals surface area (Å²) in [4.78, 5) is 23.0. The number of carbonyl (C=O) groups excluding carboxylic acids is 1. The number of rotatable bonds is 6. The van der Waals surface area contributed by atoms with Gasteiger partial charge < -0.3 is 10.1 Å². The Morgan fingerprint density at radius 1 is 1.00 bits per heavy atom. The summed E-state index contributed by atoms with van der Waals surface area (Å²) in [5, 5.41) is 11.0. The van der Waals surface area contributed by atoms with Crippen molar-refractivity contribution in [1.29, 1.82) is 0 Å². The van der Waals surface area contributed by atoms with Crippen LogP contribution in [0.5, 0.6) is 11.8 Å². The van der Waals surface area contributed by atoms with Crippen LogP contribution in [0.25, 0.3) is 11.3 Å². The van der Waals surface area contributed by atoms with E-state index in [0.717, 1.165) is 22.4 Å². The average Bonchev–Trinajstić information content (AvgIpc) is 3.39. The first-order chi connectivity index (χ1) is 18.0. The maximum Gasteiger partial charge on any atom is 0.242 e. The number of nitrogens with zero attached hydrogens (tertiary/aromatic N) is 5. The van der Waals surface area contributed by atoms with Gasteiger partial charge >= 0.3 is 0 Å². The first-order valence-corrected chi connectivity index (χ1v) is 14.1. The third kappa shape index (κ3) is 4.55. The lowest BCUT2D eigenvalue weighted by molar-refractivity contribution is -0.124. The van der Waals surface area contributed by atoms with E-state index in [4.69, 9.17) is 9.72 Å². The van der Waals surface area contributed by atoms with Gasteiger partial charge in [-0.1, -0.05) is 49.4 Å². The van der Waals surface area contributed by atoms with Crippen LogP contribution in [0, 0.1) is 12.3 Å². The van der Waals surface area contributed by atoms with Gasteiger partial charge in [-0.3, -0.25) is 4.79 Å². The minimum Gasteiger partial charge on any atom is -0.420 e. The Morgan fingerprint density at radius 2 is 1.66 bits per heavy atom. The van der Waals surface area contributed by atoms with Crippen LogP contribution in [-0.2, 0) is 14.8 Å². The van der Waals surface area contributed by atoms with Crippen LogP contribution < -0.4 is 10.1 Å². The quantitative estimate of drug-likeness (QED) is 0.373. The van der Waals surface area contributed by atoms with E-state index in [0.29, 0.717) is 22.6 Å². The second-order valence-electron chi connectivity index (χ2n) is 9.70. The molecular formula is C26H26N6O4S2. The maximum atomic E-state index is 13.5. The summed E-state index contributed by atoms with van der Waals surface area (Å²) < 4.78 is 32.2. The molecule has 12 heteroatoms. The molecule has 4 heterocycles. The molecule has 38 heavy (non-hydrogen) atoms. The molecule has 4 aromatic rings. The molecule has 3 aromatic heterocycles. The van der Waals surface area contributed by atoms with Crippen LogP contribution in [0.1, 0.15) is 36.6 Å². The zero-order valence-corrected chi connectivity index (χ0v) is 23.1. The molecule has 1 aliphatic heterocycles. The molecule has 1 aromatic carbocycles. The van der Waals surface area contributed by atoms with Crippen LogP contribution >= 0.6 is 11.3 Å². The minimum atomic E-state index is -3.54.